The van der Waals surface area contributed by atoms with Gasteiger partial charge in [-0.2, -0.15) is 0 Å². The van der Waals surface area contributed by atoms with E-state index >= 15 is 0 Å². The van der Waals surface area contributed by atoms with Crippen LogP contribution in [0.3, 0.4) is 0 Å². The zero-order valence-electron chi connectivity index (χ0n) is 22.1. The van der Waals surface area contributed by atoms with E-state index in [1.807, 2.05) is 55.8 Å². The van der Waals surface area contributed by atoms with Gasteiger partial charge in [-0.15, -0.1) is 16.4 Å². The molecule has 4 rings (SSSR count). The van der Waals surface area contributed by atoms with Crippen LogP contribution in [-0.2, 0) is 22.7 Å². The van der Waals surface area contributed by atoms with E-state index in [9.17, 15) is 14.7 Å². The molecule has 0 saturated heterocycles. The number of thiophene rings is 1. The van der Waals surface area contributed by atoms with Crippen molar-refractivity contribution in [2.45, 2.75) is 52.0 Å². The normalized spacial score (nSPS) is 19.7. The van der Waals surface area contributed by atoms with Gasteiger partial charge in [-0.1, -0.05) is 30.3 Å². The van der Waals surface area contributed by atoms with Crippen LogP contribution < -0.4 is 5.32 Å². The van der Waals surface area contributed by atoms with E-state index in [1.165, 1.54) is 4.88 Å². The van der Waals surface area contributed by atoms with E-state index in [0.29, 0.717) is 43.9 Å². The monoisotopic (exact) mass is 540 g/mol. The molecule has 3 atom stereocenters. The van der Waals surface area contributed by atoms with Crippen LogP contribution in [0.25, 0.3) is 10.4 Å². The number of hydrogen-bond donors (Lipinski definition) is 2. The Morgan fingerprint density at radius 1 is 1.32 bits per heavy atom. The minimum atomic E-state index is -0.376. The van der Waals surface area contributed by atoms with Crippen LogP contribution in [0.4, 0.5) is 10.5 Å². The van der Waals surface area contributed by atoms with Crippen molar-refractivity contribution in [1.29, 1.82) is 0 Å². The summed E-state index contributed by atoms with van der Waals surface area (Å²) in [5.74, 6) is -0.127. The van der Waals surface area contributed by atoms with Gasteiger partial charge in [0, 0.05) is 49.6 Å². The number of likely N-dealkylation sites (N-methyl/N-ethyl adjacent to an activating group) is 1. The first-order valence-electron chi connectivity index (χ1n) is 12.9. The lowest BCUT2D eigenvalue weighted by atomic mass is 10.0. The highest BCUT2D eigenvalue weighted by molar-refractivity contribution is 7.13. The number of benzene rings is 1. The van der Waals surface area contributed by atoms with E-state index < -0.39 is 0 Å². The van der Waals surface area contributed by atoms with Gasteiger partial charge in [0.25, 0.3) is 0 Å². The first kappa shape index (κ1) is 27.7. The predicted molar refractivity (Wildman–Crippen MR) is 147 cm³/mol. The van der Waals surface area contributed by atoms with Crippen LogP contribution in [0.2, 0.25) is 0 Å². The zero-order valence-corrected chi connectivity index (χ0v) is 22.9. The molecule has 1 aliphatic rings. The number of carbonyl (C=O) groups excluding carboxylic acids is 2. The lowest BCUT2D eigenvalue weighted by Crippen LogP contribution is -2.48. The molecular weight excluding hydrogens is 504 g/mol. The highest BCUT2D eigenvalue weighted by atomic mass is 32.1. The number of urea groups is 1. The molecule has 1 aromatic carbocycles. The van der Waals surface area contributed by atoms with Crippen molar-refractivity contribution < 1.29 is 19.4 Å². The number of nitrogens with zero attached hydrogens (tertiary/aromatic N) is 5. The maximum atomic E-state index is 13.0. The first-order chi connectivity index (χ1) is 18.3. The molecule has 2 N–H and O–H groups in total. The number of hydrogen-bond acceptors (Lipinski definition) is 7. The third-order valence-electron chi connectivity index (χ3n) is 6.79. The van der Waals surface area contributed by atoms with Crippen LogP contribution in [0.5, 0.6) is 0 Å². The summed E-state index contributed by atoms with van der Waals surface area (Å²) in [6.07, 6.45) is 2.44. The Morgan fingerprint density at radius 3 is 2.82 bits per heavy atom. The number of aliphatic hydroxyl groups is 1. The molecule has 0 fully saturated rings. The summed E-state index contributed by atoms with van der Waals surface area (Å²) >= 11 is 1.67. The topological polar surface area (TPSA) is 113 Å². The van der Waals surface area contributed by atoms with E-state index in [2.05, 4.69) is 21.7 Å². The van der Waals surface area contributed by atoms with Crippen molar-refractivity contribution in [3.8, 4) is 10.4 Å². The average Bonchev–Trinajstić information content (AvgIpc) is 3.61. The number of carbonyl (C=O) groups is 2. The van der Waals surface area contributed by atoms with Gasteiger partial charge in [0.05, 0.1) is 31.6 Å². The first-order valence-corrected chi connectivity index (χ1v) is 13.8. The fraction of sp³-hybridized carbons (Fsp3) is 0.481. The highest BCUT2D eigenvalue weighted by Gasteiger charge is 2.29. The molecule has 38 heavy (non-hydrogen) atoms. The quantitative estimate of drug-likeness (QED) is 0.493. The van der Waals surface area contributed by atoms with Gasteiger partial charge in [0.2, 0.25) is 5.91 Å². The Bertz CT molecular complexity index is 1180. The summed E-state index contributed by atoms with van der Waals surface area (Å²) in [7, 11) is 1.72. The molecule has 0 radical (unpaired) electrons. The fourth-order valence-corrected chi connectivity index (χ4v) is 5.16. The SMILES string of the molecule is C[C@H]1CN([C@@H](C)CO)C(=O)CCCn2cc(nn2)CO[C@H]1CN(C)C(=O)Nc1ccc(-c2cccs2)cc1. The number of rotatable bonds is 6. The Kier molecular flexibility index (Phi) is 9.48. The van der Waals surface area contributed by atoms with Crippen molar-refractivity contribution in [1.82, 2.24) is 24.8 Å². The Morgan fingerprint density at radius 2 is 2.11 bits per heavy atom. The predicted octanol–water partition coefficient (Wildman–Crippen LogP) is 3.70. The number of ether oxygens (including phenoxy) is 1. The molecule has 2 bridgehead atoms. The molecule has 3 amide bonds. The number of aryl methyl sites for hydroxylation is 1. The third-order valence-corrected chi connectivity index (χ3v) is 7.71. The van der Waals surface area contributed by atoms with Crippen molar-refractivity contribution in [3.05, 3.63) is 53.7 Å². The van der Waals surface area contributed by atoms with Crippen LogP contribution in [-0.4, -0.2) is 80.7 Å². The second kappa shape index (κ2) is 13.0. The molecule has 10 nitrogen and oxygen atoms in total. The van der Waals surface area contributed by atoms with Crippen molar-refractivity contribution in [3.63, 3.8) is 0 Å². The Labute approximate surface area is 227 Å². The Hall–Kier alpha value is -3.28. The van der Waals surface area contributed by atoms with Crippen LogP contribution in [0, 0.1) is 5.92 Å². The van der Waals surface area contributed by atoms with E-state index in [0.717, 1.165) is 5.56 Å². The minimum Gasteiger partial charge on any atom is -0.394 e. The molecule has 1 aliphatic heterocycles. The molecule has 2 aromatic heterocycles. The van der Waals surface area contributed by atoms with Crippen LogP contribution in [0.15, 0.2) is 48.0 Å². The number of nitrogens with one attached hydrogen (secondary N) is 1. The molecule has 0 aliphatic carbocycles. The number of fused-ring (bicyclic) bond motifs is 2. The second-order valence-electron chi connectivity index (χ2n) is 9.85. The van der Waals surface area contributed by atoms with Crippen molar-refractivity contribution in [2.75, 3.05) is 32.1 Å². The van der Waals surface area contributed by atoms with Crippen molar-refractivity contribution in [2.24, 2.45) is 5.92 Å². The molecule has 11 heteroatoms. The van der Waals surface area contributed by atoms with Gasteiger partial charge in [-0.05, 0) is 42.5 Å². The maximum absolute atomic E-state index is 13.0. The molecule has 0 spiro atoms. The summed E-state index contributed by atoms with van der Waals surface area (Å²) in [6.45, 7) is 5.27. The third kappa shape index (κ3) is 7.18. The number of aromatic nitrogens is 3. The second-order valence-corrected chi connectivity index (χ2v) is 10.8. The molecule has 3 aromatic rings. The van der Waals surface area contributed by atoms with Gasteiger partial charge in [0.15, 0.2) is 0 Å². The van der Waals surface area contributed by atoms with Crippen molar-refractivity contribution >= 4 is 29.0 Å². The van der Waals surface area contributed by atoms with E-state index in [4.69, 9.17) is 4.74 Å². The average molecular weight is 541 g/mol. The summed E-state index contributed by atoms with van der Waals surface area (Å²) < 4.78 is 7.97. The molecule has 3 heterocycles. The molecule has 204 valence electrons. The largest absolute Gasteiger partial charge is 0.394 e. The molecule has 0 unspecified atom stereocenters. The van der Waals surface area contributed by atoms with Gasteiger partial charge < -0.3 is 25.0 Å². The minimum absolute atomic E-state index is 0.0196. The van der Waals surface area contributed by atoms with Gasteiger partial charge in [0.1, 0.15) is 5.69 Å². The number of aliphatic hydroxyl groups excluding tert-OH is 1. The number of anilines is 1. The Balaban J connectivity index is 1.44. The molecule has 0 saturated carbocycles. The van der Waals surface area contributed by atoms with Crippen LogP contribution in [0.1, 0.15) is 32.4 Å². The summed E-state index contributed by atoms with van der Waals surface area (Å²) in [5.41, 5.74) is 2.51. The zero-order chi connectivity index (χ0) is 27.1. The standard InChI is InChI=1S/C27H36N6O4S/c1-19-14-33(20(2)17-34)26(35)7-4-12-32-15-23(29-30-32)18-37-24(19)16-31(3)27(36)28-22-10-8-21(9-11-22)25-6-5-13-38-25/h5-6,8-11,13,15,19-20,24,34H,4,7,12,14,16-18H2,1-3H3,(H,28,36)/t19-,20-,24-/m0/s1. The highest BCUT2D eigenvalue weighted by Crippen LogP contribution is 2.26. The summed E-state index contributed by atoms with van der Waals surface area (Å²) in [5, 5.41) is 23.1. The fourth-order valence-electron chi connectivity index (χ4n) is 4.43. The summed E-state index contributed by atoms with van der Waals surface area (Å²) in [6, 6.07) is 11.3. The smallest absolute Gasteiger partial charge is 0.321 e. The summed E-state index contributed by atoms with van der Waals surface area (Å²) in [4.78, 5) is 30.5. The van der Waals surface area contributed by atoms with Gasteiger partial charge in [-0.25, -0.2) is 4.79 Å². The van der Waals surface area contributed by atoms with Gasteiger partial charge >= 0.3 is 6.03 Å². The molecular formula is C27H36N6O4S. The maximum Gasteiger partial charge on any atom is 0.321 e. The lowest BCUT2D eigenvalue weighted by molar-refractivity contribution is -0.136. The number of amides is 3. The van der Waals surface area contributed by atoms with E-state index in [-0.39, 0.29) is 43.2 Å². The van der Waals surface area contributed by atoms with Crippen LogP contribution >= 0.6 is 11.3 Å². The lowest BCUT2D eigenvalue weighted by Gasteiger charge is -2.35. The van der Waals surface area contributed by atoms with Gasteiger partial charge in [-0.3, -0.25) is 9.48 Å². The van der Waals surface area contributed by atoms with E-state index in [1.54, 1.807) is 32.9 Å².